The van der Waals surface area contributed by atoms with Crippen molar-refractivity contribution in [2.75, 3.05) is 30.5 Å². The number of ether oxygens (including phenoxy) is 2. The Bertz CT molecular complexity index is 787. The number of benzene rings is 2. The van der Waals surface area contributed by atoms with Crippen molar-refractivity contribution in [2.45, 2.75) is 13.3 Å². The second-order valence-corrected chi connectivity index (χ2v) is 5.73. The number of hydrogen-bond acceptors (Lipinski definition) is 4. The molecule has 6 heteroatoms. The highest BCUT2D eigenvalue weighted by Gasteiger charge is 2.22. The fourth-order valence-electron chi connectivity index (χ4n) is 2.62. The molecule has 0 fully saturated rings. The predicted molar refractivity (Wildman–Crippen MR) is 95.3 cm³/mol. The monoisotopic (exact) mass is 340 g/mol. The van der Waals surface area contributed by atoms with Gasteiger partial charge in [0.1, 0.15) is 11.5 Å². The number of hydrogen-bond donors (Lipinski definition) is 1. The van der Waals surface area contributed by atoms with Crippen LogP contribution in [0, 0.1) is 0 Å². The van der Waals surface area contributed by atoms with Crippen molar-refractivity contribution in [3.05, 3.63) is 48.0 Å². The zero-order valence-corrected chi connectivity index (χ0v) is 14.2. The third-order valence-electron chi connectivity index (χ3n) is 3.92. The van der Waals surface area contributed by atoms with E-state index in [0.717, 1.165) is 11.3 Å². The number of carbonyl (C=O) groups excluding carboxylic acids is 2. The maximum absolute atomic E-state index is 12.3. The fraction of sp³-hybridized carbons (Fsp3) is 0.263. The summed E-state index contributed by atoms with van der Waals surface area (Å²) in [5.74, 6) is 1.18. The zero-order valence-electron chi connectivity index (χ0n) is 14.2. The number of rotatable bonds is 5. The first-order valence-corrected chi connectivity index (χ1v) is 8.12. The van der Waals surface area contributed by atoms with Crippen molar-refractivity contribution in [1.29, 1.82) is 0 Å². The molecule has 0 aromatic heterocycles. The van der Waals surface area contributed by atoms with Crippen molar-refractivity contribution in [2.24, 2.45) is 0 Å². The lowest BCUT2D eigenvalue weighted by molar-refractivity contribution is -0.121. The summed E-state index contributed by atoms with van der Waals surface area (Å²) in [6.45, 7) is 2.57. The van der Waals surface area contributed by atoms with E-state index >= 15 is 0 Å². The molecule has 2 amide bonds. The molecule has 0 saturated carbocycles. The van der Waals surface area contributed by atoms with Crippen LogP contribution in [-0.2, 0) is 16.0 Å². The minimum Gasteiger partial charge on any atom is -0.494 e. The minimum absolute atomic E-state index is 0.0427. The van der Waals surface area contributed by atoms with Crippen LogP contribution in [0.1, 0.15) is 12.5 Å². The molecule has 1 heterocycles. The highest BCUT2D eigenvalue weighted by Crippen LogP contribution is 2.32. The SMILES string of the molecule is CCOc1ccc(NC(=O)Cc2ccc3c(c2)N(C)C(=O)CO3)cc1. The Balaban J connectivity index is 1.66. The minimum atomic E-state index is -0.130. The summed E-state index contributed by atoms with van der Waals surface area (Å²) < 4.78 is 10.8. The summed E-state index contributed by atoms with van der Waals surface area (Å²) in [7, 11) is 1.70. The van der Waals surface area contributed by atoms with E-state index in [2.05, 4.69) is 5.32 Å². The number of nitrogens with zero attached hydrogens (tertiary/aromatic N) is 1. The predicted octanol–water partition coefficient (Wildman–Crippen LogP) is 2.62. The summed E-state index contributed by atoms with van der Waals surface area (Å²) in [5.41, 5.74) is 2.21. The van der Waals surface area contributed by atoms with Gasteiger partial charge in [-0.1, -0.05) is 6.07 Å². The molecule has 25 heavy (non-hydrogen) atoms. The Morgan fingerprint density at radius 3 is 2.72 bits per heavy atom. The largest absolute Gasteiger partial charge is 0.494 e. The Morgan fingerprint density at radius 1 is 1.24 bits per heavy atom. The second kappa shape index (κ2) is 7.25. The number of nitrogens with one attached hydrogen (secondary N) is 1. The Kier molecular flexibility index (Phi) is 4.88. The summed E-state index contributed by atoms with van der Waals surface area (Å²) in [6, 6.07) is 12.7. The van der Waals surface area contributed by atoms with Crippen LogP contribution >= 0.6 is 0 Å². The van der Waals surface area contributed by atoms with Crippen LogP contribution in [0.2, 0.25) is 0 Å². The quantitative estimate of drug-likeness (QED) is 0.908. The molecule has 0 spiro atoms. The number of likely N-dealkylation sites (N-methyl/N-ethyl adjacent to an activating group) is 1. The van der Waals surface area contributed by atoms with Crippen molar-refractivity contribution >= 4 is 23.2 Å². The number of amides is 2. The number of anilines is 2. The van der Waals surface area contributed by atoms with E-state index in [-0.39, 0.29) is 24.8 Å². The summed E-state index contributed by atoms with van der Waals surface area (Å²) >= 11 is 0. The van der Waals surface area contributed by atoms with E-state index < -0.39 is 0 Å². The van der Waals surface area contributed by atoms with Gasteiger partial charge in [-0.3, -0.25) is 9.59 Å². The van der Waals surface area contributed by atoms with Crippen LogP contribution in [0.25, 0.3) is 0 Å². The third kappa shape index (κ3) is 3.91. The first-order valence-electron chi connectivity index (χ1n) is 8.12. The molecule has 0 bridgehead atoms. The lowest BCUT2D eigenvalue weighted by atomic mass is 10.1. The Morgan fingerprint density at radius 2 is 2.00 bits per heavy atom. The van der Waals surface area contributed by atoms with Crippen LogP contribution < -0.4 is 19.7 Å². The summed E-state index contributed by atoms with van der Waals surface area (Å²) in [5, 5.41) is 2.85. The van der Waals surface area contributed by atoms with Gasteiger partial charge >= 0.3 is 0 Å². The number of carbonyl (C=O) groups is 2. The van der Waals surface area contributed by atoms with Crippen LogP contribution in [0.4, 0.5) is 11.4 Å². The first-order chi connectivity index (χ1) is 12.1. The summed E-state index contributed by atoms with van der Waals surface area (Å²) in [6.07, 6.45) is 0.211. The smallest absolute Gasteiger partial charge is 0.264 e. The van der Waals surface area contributed by atoms with E-state index in [9.17, 15) is 9.59 Å². The lowest BCUT2D eigenvalue weighted by Crippen LogP contribution is -2.35. The first kappa shape index (κ1) is 16.8. The van der Waals surface area contributed by atoms with Gasteiger partial charge in [-0.15, -0.1) is 0 Å². The average molecular weight is 340 g/mol. The van der Waals surface area contributed by atoms with E-state index in [4.69, 9.17) is 9.47 Å². The van der Waals surface area contributed by atoms with Gasteiger partial charge in [-0.2, -0.15) is 0 Å². The number of fused-ring (bicyclic) bond motifs is 1. The molecule has 2 aromatic rings. The molecule has 130 valence electrons. The third-order valence-corrected chi connectivity index (χ3v) is 3.92. The van der Waals surface area contributed by atoms with Gasteiger partial charge in [-0.05, 0) is 48.9 Å². The van der Waals surface area contributed by atoms with Crippen LogP contribution in [0.15, 0.2) is 42.5 Å². The highest BCUT2D eigenvalue weighted by molar-refractivity contribution is 5.98. The van der Waals surface area contributed by atoms with Crippen molar-refractivity contribution < 1.29 is 19.1 Å². The summed E-state index contributed by atoms with van der Waals surface area (Å²) in [4.78, 5) is 25.5. The van der Waals surface area contributed by atoms with Gasteiger partial charge in [0.25, 0.3) is 5.91 Å². The maximum Gasteiger partial charge on any atom is 0.264 e. The van der Waals surface area contributed by atoms with Crippen molar-refractivity contribution in [3.8, 4) is 11.5 Å². The van der Waals surface area contributed by atoms with Crippen molar-refractivity contribution in [3.63, 3.8) is 0 Å². The normalized spacial score (nSPS) is 13.0. The molecular formula is C19H20N2O4. The molecule has 0 atom stereocenters. The molecule has 0 aliphatic carbocycles. The molecule has 1 aliphatic rings. The van der Waals surface area contributed by atoms with E-state index in [1.165, 1.54) is 0 Å². The van der Waals surface area contributed by atoms with E-state index in [1.807, 2.05) is 31.2 Å². The molecule has 0 saturated heterocycles. The molecule has 0 unspecified atom stereocenters. The van der Waals surface area contributed by atoms with E-state index in [0.29, 0.717) is 23.7 Å². The fourth-order valence-corrected chi connectivity index (χ4v) is 2.62. The second-order valence-electron chi connectivity index (χ2n) is 5.73. The van der Waals surface area contributed by atoms with Gasteiger partial charge in [0.05, 0.1) is 18.7 Å². The maximum atomic E-state index is 12.3. The lowest BCUT2D eigenvalue weighted by Gasteiger charge is -2.26. The van der Waals surface area contributed by atoms with E-state index in [1.54, 1.807) is 30.1 Å². The molecular weight excluding hydrogens is 320 g/mol. The van der Waals surface area contributed by atoms with Gasteiger partial charge in [0.2, 0.25) is 5.91 Å². The highest BCUT2D eigenvalue weighted by atomic mass is 16.5. The Hall–Kier alpha value is -3.02. The molecule has 3 rings (SSSR count). The van der Waals surface area contributed by atoms with Gasteiger partial charge in [0, 0.05) is 12.7 Å². The molecule has 6 nitrogen and oxygen atoms in total. The average Bonchev–Trinajstić information content (AvgIpc) is 2.60. The van der Waals surface area contributed by atoms with Crippen LogP contribution in [0.5, 0.6) is 11.5 Å². The molecule has 2 aromatic carbocycles. The topological polar surface area (TPSA) is 67.9 Å². The molecule has 1 aliphatic heterocycles. The van der Waals surface area contributed by atoms with Gasteiger partial charge < -0.3 is 19.7 Å². The molecule has 0 radical (unpaired) electrons. The van der Waals surface area contributed by atoms with Crippen LogP contribution in [0.3, 0.4) is 0 Å². The Labute approximate surface area is 146 Å². The zero-order chi connectivity index (χ0) is 17.8. The van der Waals surface area contributed by atoms with Crippen molar-refractivity contribution in [1.82, 2.24) is 0 Å². The van der Waals surface area contributed by atoms with Gasteiger partial charge in [0.15, 0.2) is 6.61 Å². The van der Waals surface area contributed by atoms with Gasteiger partial charge in [-0.25, -0.2) is 0 Å². The standard InChI is InChI=1S/C19H20N2O4/c1-3-24-15-7-5-14(6-8-15)20-18(22)11-13-4-9-17-16(10-13)21(2)19(23)12-25-17/h4-10H,3,11-12H2,1-2H3,(H,20,22). The van der Waals surface area contributed by atoms with Crippen LogP contribution in [-0.4, -0.2) is 32.1 Å². The molecule has 1 N–H and O–H groups in total.